The van der Waals surface area contributed by atoms with Crippen molar-refractivity contribution < 1.29 is 22.9 Å². The standard InChI is InChI=1S/C24H25ClF3N5OS/c1-14-2-4-16-19(10-14)35-23-21(16)22(29-13-30-23)33-8-6-32(7-9-33)12-20(34)31-15-3-5-18(25)17(11-15)24(26,27)28/h3,5,11,13-14H,2,4,6-10,12H2,1H3,(H,31,34)/p+1/t14-/m0/s1. The van der Waals surface area contributed by atoms with Crippen molar-refractivity contribution in [2.75, 3.05) is 42.9 Å². The third kappa shape index (κ3) is 5.10. The molecule has 35 heavy (non-hydrogen) atoms. The Kier molecular flexibility index (Phi) is 6.63. The Morgan fingerprint density at radius 3 is 2.80 bits per heavy atom. The first-order valence-corrected chi connectivity index (χ1v) is 12.9. The second kappa shape index (κ2) is 9.55. The van der Waals surface area contributed by atoms with Crippen molar-refractivity contribution in [3.05, 3.63) is 45.6 Å². The number of amides is 1. The summed E-state index contributed by atoms with van der Waals surface area (Å²) in [7, 11) is 0. The first-order chi connectivity index (χ1) is 16.7. The van der Waals surface area contributed by atoms with E-state index in [-0.39, 0.29) is 18.1 Å². The number of carbonyl (C=O) groups is 1. The molecule has 0 spiro atoms. The van der Waals surface area contributed by atoms with Crippen LogP contribution in [0.5, 0.6) is 0 Å². The molecule has 0 bridgehead atoms. The Balaban J connectivity index is 1.22. The minimum atomic E-state index is -4.58. The first kappa shape index (κ1) is 24.3. The molecule has 5 rings (SSSR count). The highest BCUT2D eigenvalue weighted by atomic mass is 35.5. The van der Waals surface area contributed by atoms with Gasteiger partial charge in [0.25, 0.3) is 5.91 Å². The van der Waals surface area contributed by atoms with E-state index in [1.807, 2.05) is 0 Å². The molecule has 0 radical (unpaired) electrons. The fraction of sp³-hybridized carbons (Fsp3) is 0.458. The van der Waals surface area contributed by atoms with E-state index < -0.39 is 16.8 Å². The summed E-state index contributed by atoms with van der Waals surface area (Å²) in [4.78, 5) is 27.5. The number of rotatable bonds is 4. The number of nitrogens with zero attached hydrogens (tertiary/aromatic N) is 3. The molecule has 1 aliphatic heterocycles. The second-order valence-electron chi connectivity index (χ2n) is 9.38. The maximum Gasteiger partial charge on any atom is 0.417 e. The summed E-state index contributed by atoms with van der Waals surface area (Å²) in [5.41, 5.74) is 0.526. The zero-order valence-electron chi connectivity index (χ0n) is 19.2. The predicted molar refractivity (Wildman–Crippen MR) is 131 cm³/mol. The Labute approximate surface area is 210 Å². The number of alkyl halides is 3. The summed E-state index contributed by atoms with van der Waals surface area (Å²) in [6.07, 6.45) is 0.394. The van der Waals surface area contributed by atoms with E-state index in [1.165, 1.54) is 28.3 Å². The molecule has 1 aromatic carbocycles. The molecule has 11 heteroatoms. The van der Waals surface area contributed by atoms with Crippen LogP contribution in [-0.2, 0) is 23.8 Å². The number of aromatic nitrogens is 2. The Morgan fingerprint density at radius 2 is 2.06 bits per heavy atom. The third-order valence-corrected chi connectivity index (χ3v) is 8.30. The number of nitrogens with one attached hydrogen (secondary N) is 2. The van der Waals surface area contributed by atoms with Crippen molar-refractivity contribution in [1.82, 2.24) is 9.97 Å². The lowest BCUT2D eigenvalue weighted by Crippen LogP contribution is -3.15. The fourth-order valence-corrected chi connectivity index (χ4v) is 6.53. The Morgan fingerprint density at radius 1 is 1.29 bits per heavy atom. The quantitative estimate of drug-likeness (QED) is 0.544. The number of aryl methyl sites for hydroxylation is 1. The molecular formula is C24H26ClF3N5OS+. The van der Waals surface area contributed by atoms with Gasteiger partial charge in [-0.1, -0.05) is 18.5 Å². The summed E-state index contributed by atoms with van der Waals surface area (Å²) in [6, 6.07) is 3.40. The predicted octanol–water partition coefficient (Wildman–Crippen LogP) is 3.83. The number of benzene rings is 1. The lowest BCUT2D eigenvalue weighted by Gasteiger charge is -2.33. The van der Waals surface area contributed by atoms with Gasteiger partial charge in [0.2, 0.25) is 0 Å². The van der Waals surface area contributed by atoms with Crippen LogP contribution in [0, 0.1) is 5.92 Å². The molecule has 0 saturated carbocycles. The van der Waals surface area contributed by atoms with Crippen molar-refractivity contribution in [3.63, 3.8) is 0 Å². The van der Waals surface area contributed by atoms with Crippen molar-refractivity contribution in [2.45, 2.75) is 32.4 Å². The number of quaternary nitrogens is 1. The van der Waals surface area contributed by atoms with Gasteiger partial charge in [0.15, 0.2) is 6.54 Å². The number of anilines is 2. The Bertz CT molecular complexity index is 1260. The largest absolute Gasteiger partial charge is 0.417 e. The van der Waals surface area contributed by atoms with Crippen LogP contribution in [0.1, 0.15) is 29.3 Å². The van der Waals surface area contributed by atoms with Gasteiger partial charge >= 0.3 is 6.18 Å². The average Bonchev–Trinajstić information content (AvgIpc) is 3.17. The molecule has 1 saturated heterocycles. The smallest absolute Gasteiger partial charge is 0.345 e. The minimum absolute atomic E-state index is 0.0877. The molecule has 186 valence electrons. The SMILES string of the molecule is C[C@H]1CCc2c(sc3ncnc(N4CC[NH+](CC(=O)Nc5ccc(Cl)c(C(F)(F)F)c5)CC4)c23)C1. The van der Waals surface area contributed by atoms with Crippen molar-refractivity contribution in [1.29, 1.82) is 0 Å². The normalized spacial score (nSPS) is 19.1. The summed E-state index contributed by atoms with van der Waals surface area (Å²) in [6.45, 7) is 5.43. The zero-order valence-corrected chi connectivity index (χ0v) is 20.8. The number of hydrogen-bond acceptors (Lipinski definition) is 5. The second-order valence-corrected chi connectivity index (χ2v) is 10.9. The molecule has 1 aliphatic carbocycles. The summed E-state index contributed by atoms with van der Waals surface area (Å²) < 4.78 is 39.3. The number of piperazine rings is 1. The average molecular weight is 525 g/mol. The molecule has 2 N–H and O–H groups in total. The highest BCUT2D eigenvalue weighted by Gasteiger charge is 2.34. The number of hydrogen-bond donors (Lipinski definition) is 2. The molecule has 2 aliphatic rings. The monoisotopic (exact) mass is 524 g/mol. The van der Waals surface area contributed by atoms with Crippen LogP contribution in [0.2, 0.25) is 5.02 Å². The van der Waals surface area contributed by atoms with E-state index >= 15 is 0 Å². The summed E-state index contributed by atoms with van der Waals surface area (Å²) >= 11 is 7.44. The van der Waals surface area contributed by atoms with E-state index in [9.17, 15) is 18.0 Å². The maximum absolute atomic E-state index is 13.1. The number of carbonyl (C=O) groups excluding carboxylic acids is 1. The van der Waals surface area contributed by atoms with E-state index in [4.69, 9.17) is 11.6 Å². The van der Waals surface area contributed by atoms with Crippen molar-refractivity contribution >= 4 is 50.6 Å². The van der Waals surface area contributed by atoms with Crippen LogP contribution < -0.4 is 15.1 Å². The lowest BCUT2D eigenvalue weighted by molar-refractivity contribution is -0.892. The van der Waals surface area contributed by atoms with Gasteiger partial charge in [-0.2, -0.15) is 13.2 Å². The van der Waals surface area contributed by atoms with Gasteiger partial charge in [0.05, 0.1) is 42.2 Å². The van der Waals surface area contributed by atoms with Crippen LogP contribution in [0.25, 0.3) is 10.2 Å². The molecule has 1 fully saturated rings. The van der Waals surface area contributed by atoms with E-state index in [0.29, 0.717) is 5.92 Å². The number of halogens is 4. The van der Waals surface area contributed by atoms with Crippen LogP contribution in [-0.4, -0.2) is 48.6 Å². The van der Waals surface area contributed by atoms with Crippen molar-refractivity contribution in [3.8, 4) is 0 Å². The van der Waals surface area contributed by atoms with Crippen LogP contribution >= 0.6 is 22.9 Å². The van der Waals surface area contributed by atoms with Gasteiger partial charge in [0, 0.05) is 10.6 Å². The summed E-state index contributed by atoms with van der Waals surface area (Å²) in [5.74, 6) is 1.35. The van der Waals surface area contributed by atoms with Crippen LogP contribution in [0.15, 0.2) is 24.5 Å². The minimum Gasteiger partial charge on any atom is -0.345 e. The van der Waals surface area contributed by atoms with Crippen LogP contribution in [0.4, 0.5) is 24.7 Å². The topological polar surface area (TPSA) is 62.6 Å². The molecular weight excluding hydrogens is 499 g/mol. The molecule has 0 unspecified atom stereocenters. The number of fused-ring (bicyclic) bond motifs is 3. The van der Waals surface area contributed by atoms with Gasteiger partial charge in [-0.05, 0) is 48.9 Å². The highest BCUT2D eigenvalue weighted by Crippen LogP contribution is 2.40. The maximum atomic E-state index is 13.1. The molecule has 3 heterocycles. The lowest BCUT2D eigenvalue weighted by atomic mass is 9.89. The van der Waals surface area contributed by atoms with Gasteiger partial charge in [-0.3, -0.25) is 4.79 Å². The highest BCUT2D eigenvalue weighted by molar-refractivity contribution is 7.19. The molecule has 2 aromatic heterocycles. The van der Waals surface area contributed by atoms with Crippen LogP contribution in [0.3, 0.4) is 0 Å². The third-order valence-electron chi connectivity index (χ3n) is 6.81. The van der Waals surface area contributed by atoms with Gasteiger partial charge in [0.1, 0.15) is 17.0 Å². The molecule has 3 aromatic rings. The van der Waals surface area contributed by atoms with Crippen molar-refractivity contribution in [2.24, 2.45) is 5.92 Å². The fourth-order valence-electron chi connectivity index (χ4n) is 4.96. The zero-order chi connectivity index (χ0) is 24.7. The van der Waals surface area contributed by atoms with Gasteiger partial charge in [-0.25, -0.2) is 9.97 Å². The number of thiophene rings is 1. The van der Waals surface area contributed by atoms with Gasteiger partial charge < -0.3 is 15.1 Å². The molecule has 1 amide bonds. The van der Waals surface area contributed by atoms with E-state index in [2.05, 4.69) is 27.1 Å². The van der Waals surface area contributed by atoms with Gasteiger partial charge in [-0.15, -0.1) is 11.3 Å². The summed E-state index contributed by atoms with van der Waals surface area (Å²) in [5, 5.41) is 3.37. The van der Waals surface area contributed by atoms with E-state index in [0.717, 1.165) is 66.7 Å². The molecule has 6 nitrogen and oxygen atoms in total. The molecule has 1 atom stereocenters. The van der Waals surface area contributed by atoms with E-state index in [1.54, 1.807) is 17.7 Å². The first-order valence-electron chi connectivity index (χ1n) is 11.7. The Hall–Kier alpha value is -2.43.